The number of carbonyl (C=O) groups is 2. The second-order valence-electron chi connectivity index (χ2n) is 11.7. The number of ether oxygens (including phenoxy) is 4. The Hall–Kier alpha value is -1.48. The van der Waals surface area contributed by atoms with E-state index in [9.17, 15) is 9.59 Å². The second-order valence-corrected chi connectivity index (χ2v) is 16.4. The third kappa shape index (κ3) is 7.28. The number of hydrogen-bond donors (Lipinski definition) is 0. The smallest absolute Gasteiger partial charge is 0.333 e. The van der Waals surface area contributed by atoms with Crippen molar-refractivity contribution < 1.29 is 33.0 Å². The molecule has 2 aliphatic heterocycles. The van der Waals surface area contributed by atoms with Crippen LogP contribution in [0.3, 0.4) is 0 Å². The SMILES string of the molecule is C=CC[C@H]1O[C@H]2C[C@@H](O/C=C/C(=O)OCC)[C@H](CCC=O)O[C@]2(C)C[C@]1(C)O[Si](C)(C)C(C)(C)C. The monoisotopic (exact) mass is 510 g/mol. The van der Waals surface area contributed by atoms with Crippen LogP contribution in [0.2, 0.25) is 18.1 Å². The van der Waals surface area contributed by atoms with Crippen LogP contribution in [0.15, 0.2) is 25.0 Å². The Labute approximate surface area is 212 Å². The van der Waals surface area contributed by atoms with Crippen LogP contribution in [0.5, 0.6) is 0 Å². The van der Waals surface area contributed by atoms with Gasteiger partial charge in [0.15, 0.2) is 8.32 Å². The summed E-state index contributed by atoms with van der Waals surface area (Å²) in [7, 11) is -2.11. The average molecular weight is 511 g/mol. The molecular formula is C27H46O7Si. The first-order valence-corrected chi connectivity index (χ1v) is 15.7. The fourth-order valence-electron chi connectivity index (χ4n) is 4.92. The van der Waals surface area contributed by atoms with Crippen molar-refractivity contribution in [1.29, 1.82) is 0 Å². The van der Waals surface area contributed by atoms with E-state index in [1.165, 1.54) is 12.3 Å². The van der Waals surface area contributed by atoms with E-state index >= 15 is 0 Å². The molecule has 0 saturated carbocycles. The van der Waals surface area contributed by atoms with Crippen molar-refractivity contribution >= 4 is 20.6 Å². The molecule has 0 aromatic heterocycles. The summed E-state index contributed by atoms with van der Waals surface area (Å²) in [5, 5.41) is 0.0522. The van der Waals surface area contributed by atoms with E-state index in [4.69, 9.17) is 23.4 Å². The molecule has 0 radical (unpaired) electrons. The van der Waals surface area contributed by atoms with Gasteiger partial charge in [0.25, 0.3) is 0 Å². The molecule has 2 rings (SSSR count). The molecule has 0 unspecified atom stereocenters. The van der Waals surface area contributed by atoms with Gasteiger partial charge in [0.2, 0.25) is 0 Å². The van der Waals surface area contributed by atoms with Crippen molar-refractivity contribution in [3.8, 4) is 0 Å². The topological polar surface area (TPSA) is 80.3 Å². The Bertz CT molecular complexity index is 774. The van der Waals surface area contributed by atoms with Crippen LogP contribution in [0.25, 0.3) is 0 Å². The van der Waals surface area contributed by atoms with Crippen LogP contribution in [0, 0.1) is 0 Å². The predicted octanol–water partition coefficient (Wildman–Crippen LogP) is 5.49. The number of fused-ring (bicyclic) bond motifs is 1. The van der Waals surface area contributed by atoms with Crippen molar-refractivity contribution in [1.82, 2.24) is 0 Å². The van der Waals surface area contributed by atoms with Gasteiger partial charge in [-0.3, -0.25) is 0 Å². The minimum absolute atomic E-state index is 0.0522. The molecule has 0 aromatic rings. The van der Waals surface area contributed by atoms with Crippen LogP contribution >= 0.6 is 0 Å². The normalized spacial score (nSPS) is 33.7. The summed E-state index contributed by atoms with van der Waals surface area (Å²) >= 11 is 0. The zero-order valence-corrected chi connectivity index (χ0v) is 23.9. The van der Waals surface area contributed by atoms with Gasteiger partial charge in [-0.1, -0.05) is 26.8 Å². The summed E-state index contributed by atoms with van der Waals surface area (Å²) < 4.78 is 31.2. The Morgan fingerprint density at radius 3 is 2.51 bits per heavy atom. The van der Waals surface area contributed by atoms with Gasteiger partial charge in [-0.15, -0.1) is 6.58 Å². The molecular weight excluding hydrogens is 464 g/mol. The standard InChI is InChI=1S/C27H46O7Si/c1-10-13-22-27(7,34-35(8,9)25(3,4)5)19-26(6)23(32-22)18-21(20(33-26)14-12-16-28)31-17-15-24(29)30-11-2/h10,15-17,20-23H,1,11-14,18-19H2,2-9H3/b17-15+/t20-,21+,22+,23-,26+,27-/m0/s1. The summed E-state index contributed by atoms with van der Waals surface area (Å²) in [4.78, 5) is 22.8. The number of carbonyl (C=O) groups excluding carboxylic acids is 2. The van der Waals surface area contributed by atoms with Crippen molar-refractivity contribution in [3.63, 3.8) is 0 Å². The molecule has 0 bridgehead atoms. The molecule has 7 nitrogen and oxygen atoms in total. The first-order valence-electron chi connectivity index (χ1n) is 12.8. The Morgan fingerprint density at radius 2 is 1.94 bits per heavy atom. The number of aldehydes is 1. The molecule has 0 N–H and O–H groups in total. The minimum atomic E-state index is -2.11. The molecule has 2 saturated heterocycles. The Kier molecular flexibility index (Phi) is 9.95. The van der Waals surface area contributed by atoms with E-state index < -0.39 is 25.5 Å². The zero-order chi connectivity index (χ0) is 26.5. The van der Waals surface area contributed by atoms with Crippen LogP contribution < -0.4 is 0 Å². The largest absolute Gasteiger partial charge is 0.495 e. The van der Waals surface area contributed by atoms with Crippen molar-refractivity contribution in [2.75, 3.05) is 6.61 Å². The summed E-state index contributed by atoms with van der Waals surface area (Å²) in [5.74, 6) is -0.461. The molecule has 200 valence electrons. The fourth-order valence-corrected chi connectivity index (χ4v) is 6.59. The molecule has 0 spiro atoms. The van der Waals surface area contributed by atoms with E-state index in [2.05, 4.69) is 54.3 Å². The van der Waals surface area contributed by atoms with E-state index in [1.54, 1.807) is 6.92 Å². The van der Waals surface area contributed by atoms with Crippen LogP contribution in [-0.4, -0.2) is 62.8 Å². The van der Waals surface area contributed by atoms with Crippen LogP contribution in [0.1, 0.15) is 73.6 Å². The van der Waals surface area contributed by atoms with Gasteiger partial charge < -0.3 is 28.2 Å². The molecule has 2 heterocycles. The lowest BCUT2D eigenvalue weighted by Crippen LogP contribution is -2.68. The predicted molar refractivity (Wildman–Crippen MR) is 139 cm³/mol. The first kappa shape index (κ1) is 29.7. The third-order valence-electron chi connectivity index (χ3n) is 7.66. The number of rotatable bonds is 11. The highest BCUT2D eigenvalue weighted by atomic mass is 28.4. The van der Waals surface area contributed by atoms with E-state index in [0.29, 0.717) is 38.7 Å². The molecule has 0 amide bonds. The molecule has 6 atom stereocenters. The third-order valence-corrected chi connectivity index (χ3v) is 12.3. The molecule has 2 fully saturated rings. The quantitative estimate of drug-likeness (QED) is 0.0908. The van der Waals surface area contributed by atoms with Crippen LogP contribution in [-0.2, 0) is 33.0 Å². The van der Waals surface area contributed by atoms with Crippen LogP contribution in [0.4, 0.5) is 0 Å². The maximum absolute atomic E-state index is 11.7. The maximum Gasteiger partial charge on any atom is 0.333 e. The molecule has 2 aliphatic rings. The van der Waals surface area contributed by atoms with E-state index in [0.717, 1.165) is 6.29 Å². The molecule has 0 aromatic carbocycles. The summed E-state index contributed by atoms with van der Waals surface area (Å²) in [6.07, 6.45) is 7.14. The van der Waals surface area contributed by atoms with Gasteiger partial charge in [0, 0.05) is 19.3 Å². The zero-order valence-electron chi connectivity index (χ0n) is 22.9. The average Bonchev–Trinajstić information content (AvgIpc) is 2.72. The maximum atomic E-state index is 11.7. The van der Waals surface area contributed by atoms with E-state index in [-0.39, 0.29) is 29.5 Å². The molecule has 8 heteroatoms. The minimum Gasteiger partial charge on any atom is -0.495 e. The Morgan fingerprint density at radius 1 is 1.26 bits per heavy atom. The fraction of sp³-hybridized carbons (Fsp3) is 0.778. The highest BCUT2D eigenvalue weighted by molar-refractivity contribution is 6.74. The summed E-state index contributed by atoms with van der Waals surface area (Å²) in [6, 6.07) is 0. The molecule has 0 aliphatic carbocycles. The first-order chi connectivity index (χ1) is 16.2. The van der Waals surface area contributed by atoms with Gasteiger partial charge in [-0.2, -0.15) is 0 Å². The van der Waals surface area contributed by atoms with Gasteiger partial charge in [-0.05, 0) is 51.7 Å². The van der Waals surface area contributed by atoms with Crippen molar-refractivity contribution in [2.24, 2.45) is 0 Å². The van der Waals surface area contributed by atoms with Crippen molar-refractivity contribution in [3.05, 3.63) is 25.0 Å². The highest BCUT2D eigenvalue weighted by Gasteiger charge is 2.59. The summed E-state index contributed by atoms with van der Waals surface area (Å²) in [6.45, 7) is 21.4. The lowest BCUT2D eigenvalue weighted by Gasteiger charge is -2.59. The second kappa shape index (κ2) is 11.7. The van der Waals surface area contributed by atoms with Crippen molar-refractivity contribution in [2.45, 2.75) is 127 Å². The van der Waals surface area contributed by atoms with Gasteiger partial charge in [0.1, 0.15) is 12.4 Å². The number of esters is 1. The highest BCUT2D eigenvalue weighted by Crippen LogP contribution is 2.50. The summed E-state index contributed by atoms with van der Waals surface area (Å²) in [5.41, 5.74) is -1.15. The Balaban J connectivity index is 2.30. The van der Waals surface area contributed by atoms with E-state index in [1.807, 2.05) is 6.08 Å². The van der Waals surface area contributed by atoms with Gasteiger partial charge >= 0.3 is 5.97 Å². The lowest BCUT2D eigenvalue weighted by atomic mass is 9.74. The van der Waals surface area contributed by atoms with Gasteiger partial charge in [0.05, 0.1) is 48.5 Å². The lowest BCUT2D eigenvalue weighted by molar-refractivity contribution is -0.302. The number of hydrogen-bond acceptors (Lipinski definition) is 7. The van der Waals surface area contributed by atoms with Gasteiger partial charge in [-0.25, -0.2) is 4.79 Å². The molecule has 35 heavy (non-hydrogen) atoms.